The molecule has 3 rings (SSSR count). The minimum absolute atomic E-state index is 0.00813. The number of Topliss-reactive ketones (excluding diaryl/α,β-unsaturated/α-hetero) is 1. The van der Waals surface area contributed by atoms with Crippen LogP contribution in [0.4, 0.5) is 0 Å². The first kappa shape index (κ1) is 18.8. The molecular weight excluding hydrogens is 338 g/mol. The number of hydrogen-bond acceptors (Lipinski definition) is 3. The van der Waals surface area contributed by atoms with E-state index < -0.39 is 0 Å². The van der Waals surface area contributed by atoms with Crippen molar-refractivity contribution in [3.8, 4) is 0 Å². The summed E-state index contributed by atoms with van der Waals surface area (Å²) in [5.41, 5.74) is 2.39. The number of aromatic nitrogens is 2. The number of carbonyl (C=O) groups is 2. The van der Waals surface area contributed by atoms with Gasteiger partial charge in [0.2, 0.25) is 5.91 Å². The molecule has 2 aromatic carbocycles. The fourth-order valence-corrected chi connectivity index (χ4v) is 3.27. The molecule has 27 heavy (non-hydrogen) atoms. The number of amides is 1. The number of fused-ring (bicyclic) bond motifs is 1. The number of hydrogen-bond donors (Lipinski definition) is 1. The van der Waals surface area contributed by atoms with Crippen LogP contribution in [0, 0.1) is 5.92 Å². The Balaban J connectivity index is 1.86. The van der Waals surface area contributed by atoms with Crippen LogP contribution in [0.5, 0.6) is 0 Å². The first-order valence-corrected chi connectivity index (χ1v) is 9.44. The second kappa shape index (κ2) is 8.62. The van der Waals surface area contributed by atoms with Gasteiger partial charge in [0.25, 0.3) is 0 Å². The van der Waals surface area contributed by atoms with Crippen molar-refractivity contribution in [3.63, 3.8) is 0 Å². The number of nitrogens with zero attached hydrogens (tertiary/aromatic N) is 2. The van der Waals surface area contributed by atoms with Crippen molar-refractivity contribution in [2.45, 2.75) is 39.8 Å². The summed E-state index contributed by atoms with van der Waals surface area (Å²) in [4.78, 5) is 29.7. The highest BCUT2D eigenvalue weighted by atomic mass is 16.2. The monoisotopic (exact) mass is 363 g/mol. The predicted molar refractivity (Wildman–Crippen MR) is 106 cm³/mol. The number of benzene rings is 2. The van der Waals surface area contributed by atoms with Gasteiger partial charge in [-0.3, -0.25) is 9.59 Å². The zero-order valence-corrected chi connectivity index (χ0v) is 15.8. The van der Waals surface area contributed by atoms with Gasteiger partial charge in [0, 0.05) is 11.5 Å². The van der Waals surface area contributed by atoms with Crippen molar-refractivity contribution in [1.29, 1.82) is 0 Å². The summed E-state index contributed by atoms with van der Waals surface area (Å²) in [6, 6.07) is 17.0. The molecule has 0 radical (unpaired) electrons. The molecule has 0 saturated heterocycles. The van der Waals surface area contributed by atoms with Crippen LogP contribution in [-0.4, -0.2) is 21.2 Å². The smallest absolute Gasteiger partial charge is 0.223 e. The molecule has 0 aliphatic heterocycles. The van der Waals surface area contributed by atoms with E-state index in [0.29, 0.717) is 17.9 Å². The molecule has 0 aliphatic rings. The third kappa shape index (κ3) is 4.25. The zero-order valence-electron chi connectivity index (χ0n) is 15.8. The van der Waals surface area contributed by atoms with E-state index in [9.17, 15) is 9.59 Å². The topological polar surface area (TPSA) is 64.0 Å². The van der Waals surface area contributed by atoms with Crippen LogP contribution in [0.25, 0.3) is 11.0 Å². The summed E-state index contributed by atoms with van der Waals surface area (Å²) in [6.07, 6.45) is 1.62. The van der Waals surface area contributed by atoms with Gasteiger partial charge in [-0.25, -0.2) is 4.98 Å². The van der Waals surface area contributed by atoms with Gasteiger partial charge in [-0.15, -0.1) is 0 Å². The molecule has 3 aromatic rings. The number of ketones is 1. The van der Waals surface area contributed by atoms with Crippen LogP contribution >= 0.6 is 0 Å². The van der Waals surface area contributed by atoms with Crippen molar-refractivity contribution in [2.24, 2.45) is 5.92 Å². The second-order valence-corrected chi connectivity index (χ2v) is 6.62. The van der Waals surface area contributed by atoms with Gasteiger partial charge in [-0.1, -0.05) is 56.3 Å². The molecular formula is C22H25N3O2. The van der Waals surface area contributed by atoms with Crippen LogP contribution in [0.3, 0.4) is 0 Å². The Morgan fingerprint density at radius 2 is 1.67 bits per heavy atom. The lowest BCUT2D eigenvalue weighted by atomic mass is 10.0. The Kier molecular flexibility index (Phi) is 6.01. The molecule has 0 saturated carbocycles. The molecule has 0 unspecified atom stereocenters. The van der Waals surface area contributed by atoms with Gasteiger partial charge < -0.3 is 9.88 Å². The minimum atomic E-state index is 0.00813. The normalized spacial score (nSPS) is 11.1. The van der Waals surface area contributed by atoms with E-state index in [1.165, 1.54) is 0 Å². The third-order valence-corrected chi connectivity index (χ3v) is 4.91. The Morgan fingerprint density at radius 1 is 1.00 bits per heavy atom. The summed E-state index contributed by atoms with van der Waals surface area (Å²) in [5, 5.41) is 2.98. The van der Waals surface area contributed by atoms with Crippen molar-refractivity contribution in [2.75, 3.05) is 0 Å². The van der Waals surface area contributed by atoms with Crippen molar-refractivity contribution in [3.05, 3.63) is 66.0 Å². The number of para-hydroxylation sites is 2. The minimum Gasteiger partial charge on any atom is -0.349 e. The Hall–Kier alpha value is -2.95. The predicted octanol–water partition coefficient (Wildman–Crippen LogP) is 3.97. The van der Waals surface area contributed by atoms with Crippen LogP contribution in [0.2, 0.25) is 0 Å². The lowest BCUT2D eigenvalue weighted by Gasteiger charge is -2.13. The SMILES string of the molecule is CCC(CC)C(=O)NCc1nc2ccccc2n1CC(=O)c1ccccc1. The molecule has 1 heterocycles. The molecule has 0 aliphatic carbocycles. The standard InChI is InChI=1S/C22H25N3O2/c1-3-16(4-2)22(27)23-14-21-24-18-12-8-9-13-19(18)25(21)15-20(26)17-10-6-5-7-11-17/h5-13,16H,3-4,14-15H2,1-2H3,(H,23,27). The first-order valence-electron chi connectivity index (χ1n) is 9.44. The molecule has 1 N–H and O–H groups in total. The molecule has 5 heteroatoms. The molecule has 0 spiro atoms. The average molecular weight is 363 g/mol. The van der Waals surface area contributed by atoms with Gasteiger partial charge in [0.1, 0.15) is 5.82 Å². The lowest BCUT2D eigenvalue weighted by Crippen LogP contribution is -2.31. The number of imidazole rings is 1. The number of rotatable bonds is 8. The summed E-state index contributed by atoms with van der Waals surface area (Å²) in [7, 11) is 0. The van der Waals surface area contributed by atoms with Gasteiger partial charge >= 0.3 is 0 Å². The van der Waals surface area contributed by atoms with E-state index in [1.807, 2.05) is 73.0 Å². The maximum atomic E-state index is 12.7. The van der Waals surface area contributed by atoms with Gasteiger partial charge in [-0.05, 0) is 25.0 Å². The zero-order chi connectivity index (χ0) is 19.2. The first-order chi connectivity index (χ1) is 13.1. The summed E-state index contributed by atoms with van der Waals surface area (Å²) < 4.78 is 1.90. The van der Waals surface area contributed by atoms with E-state index in [1.54, 1.807) is 0 Å². The molecule has 1 aromatic heterocycles. The van der Waals surface area contributed by atoms with Crippen LogP contribution < -0.4 is 5.32 Å². The van der Waals surface area contributed by atoms with Crippen molar-refractivity contribution in [1.82, 2.24) is 14.9 Å². The molecule has 0 bridgehead atoms. The van der Waals surface area contributed by atoms with Crippen molar-refractivity contribution >= 4 is 22.7 Å². The highest BCUT2D eigenvalue weighted by molar-refractivity contribution is 5.96. The fraction of sp³-hybridized carbons (Fsp3) is 0.318. The fourth-order valence-electron chi connectivity index (χ4n) is 3.27. The molecule has 0 atom stereocenters. The maximum Gasteiger partial charge on any atom is 0.223 e. The van der Waals surface area contributed by atoms with E-state index >= 15 is 0 Å². The highest BCUT2D eigenvalue weighted by Gasteiger charge is 2.17. The maximum absolute atomic E-state index is 12.7. The largest absolute Gasteiger partial charge is 0.349 e. The van der Waals surface area contributed by atoms with Crippen LogP contribution in [0.1, 0.15) is 42.9 Å². The Labute approximate surface area is 159 Å². The molecule has 0 fully saturated rings. The van der Waals surface area contributed by atoms with Gasteiger partial charge in [0.05, 0.1) is 24.1 Å². The average Bonchev–Trinajstić information content (AvgIpc) is 3.05. The Bertz CT molecular complexity index is 927. The molecule has 140 valence electrons. The third-order valence-electron chi connectivity index (χ3n) is 4.91. The Morgan fingerprint density at radius 3 is 2.37 bits per heavy atom. The second-order valence-electron chi connectivity index (χ2n) is 6.62. The number of nitrogens with one attached hydrogen (secondary N) is 1. The van der Waals surface area contributed by atoms with Crippen LogP contribution in [-0.2, 0) is 17.9 Å². The molecule has 1 amide bonds. The summed E-state index contributed by atoms with van der Waals surface area (Å²) >= 11 is 0. The highest BCUT2D eigenvalue weighted by Crippen LogP contribution is 2.17. The van der Waals surface area contributed by atoms with Crippen molar-refractivity contribution < 1.29 is 9.59 Å². The van der Waals surface area contributed by atoms with E-state index in [2.05, 4.69) is 10.3 Å². The number of carbonyl (C=O) groups excluding carboxylic acids is 2. The summed E-state index contributed by atoms with van der Waals surface area (Å²) in [5.74, 6) is 0.757. The quantitative estimate of drug-likeness (QED) is 0.616. The van der Waals surface area contributed by atoms with E-state index in [-0.39, 0.29) is 24.2 Å². The molecule has 5 nitrogen and oxygen atoms in total. The van der Waals surface area contributed by atoms with Gasteiger partial charge in [-0.2, -0.15) is 0 Å². The summed E-state index contributed by atoms with van der Waals surface area (Å²) in [6.45, 7) is 4.54. The van der Waals surface area contributed by atoms with E-state index in [0.717, 1.165) is 23.9 Å². The van der Waals surface area contributed by atoms with Crippen LogP contribution in [0.15, 0.2) is 54.6 Å². The lowest BCUT2D eigenvalue weighted by molar-refractivity contribution is -0.125. The van der Waals surface area contributed by atoms with E-state index in [4.69, 9.17) is 0 Å². The van der Waals surface area contributed by atoms with Gasteiger partial charge in [0.15, 0.2) is 5.78 Å².